The van der Waals surface area contributed by atoms with Crippen LogP contribution in [0.4, 0.5) is 0 Å². The summed E-state index contributed by atoms with van der Waals surface area (Å²) in [6.07, 6.45) is 5.27. The van der Waals surface area contributed by atoms with Crippen LogP contribution in [0.5, 0.6) is 0 Å². The Balaban J connectivity index is 2.76. The van der Waals surface area contributed by atoms with E-state index in [4.69, 9.17) is 6.42 Å². The van der Waals surface area contributed by atoms with Crippen LogP contribution in [0.25, 0.3) is 0 Å². The first kappa shape index (κ1) is 7.33. The molecular formula is C8H9NS. The summed E-state index contributed by atoms with van der Waals surface area (Å²) in [6, 6.07) is 2.11. The van der Waals surface area contributed by atoms with Crippen molar-refractivity contribution in [2.24, 2.45) is 0 Å². The predicted molar refractivity (Wildman–Crippen MR) is 45.0 cm³/mol. The van der Waals surface area contributed by atoms with E-state index in [0.29, 0.717) is 0 Å². The molecule has 0 aliphatic rings. The molecule has 0 saturated carbocycles. The van der Waals surface area contributed by atoms with Gasteiger partial charge in [-0.15, -0.1) is 6.42 Å². The van der Waals surface area contributed by atoms with E-state index in [0.717, 1.165) is 0 Å². The van der Waals surface area contributed by atoms with Crippen LogP contribution in [0, 0.1) is 12.3 Å². The monoisotopic (exact) mass is 151 g/mol. The summed E-state index contributed by atoms with van der Waals surface area (Å²) in [6.45, 7) is 0. The SMILES string of the molecule is C#CC(NC)c1ccsc1. The molecule has 1 N–H and O–H groups in total. The minimum absolute atomic E-state index is 0.0752. The second-order valence-corrected chi connectivity index (χ2v) is 2.73. The molecule has 1 rings (SSSR count). The summed E-state index contributed by atoms with van der Waals surface area (Å²) in [5.41, 5.74) is 1.18. The minimum Gasteiger partial charge on any atom is -0.303 e. The van der Waals surface area contributed by atoms with E-state index in [1.165, 1.54) is 5.56 Å². The van der Waals surface area contributed by atoms with Crippen molar-refractivity contribution < 1.29 is 0 Å². The zero-order chi connectivity index (χ0) is 7.40. The Kier molecular flexibility index (Phi) is 2.49. The molecule has 52 valence electrons. The molecular weight excluding hydrogens is 142 g/mol. The predicted octanol–water partition coefficient (Wildman–Crippen LogP) is 1.64. The standard InChI is InChI=1S/C8H9NS/c1-3-8(9-2)7-4-5-10-6-7/h1,4-6,8-9H,2H3. The fourth-order valence-corrected chi connectivity index (χ4v) is 1.47. The molecule has 2 heteroatoms. The molecule has 10 heavy (non-hydrogen) atoms. The summed E-state index contributed by atoms with van der Waals surface area (Å²) >= 11 is 1.66. The van der Waals surface area contributed by atoms with E-state index >= 15 is 0 Å². The van der Waals surface area contributed by atoms with Crippen molar-refractivity contribution in [3.8, 4) is 12.3 Å². The fraction of sp³-hybridized carbons (Fsp3) is 0.250. The summed E-state index contributed by atoms with van der Waals surface area (Å²) in [7, 11) is 1.86. The van der Waals surface area contributed by atoms with Gasteiger partial charge in [0.25, 0.3) is 0 Å². The molecule has 1 nitrogen and oxygen atoms in total. The zero-order valence-corrected chi connectivity index (χ0v) is 6.61. The fourth-order valence-electron chi connectivity index (χ4n) is 0.785. The maximum absolute atomic E-state index is 5.27. The van der Waals surface area contributed by atoms with Gasteiger partial charge in [0.15, 0.2) is 0 Å². The maximum Gasteiger partial charge on any atom is 0.0948 e. The number of terminal acetylenes is 1. The number of hydrogen-bond donors (Lipinski definition) is 1. The second-order valence-electron chi connectivity index (χ2n) is 1.95. The topological polar surface area (TPSA) is 12.0 Å². The molecule has 0 radical (unpaired) electrons. The molecule has 0 bridgehead atoms. The molecule has 0 aromatic carbocycles. The van der Waals surface area contributed by atoms with Crippen LogP contribution in [0.15, 0.2) is 16.8 Å². The average molecular weight is 151 g/mol. The van der Waals surface area contributed by atoms with Gasteiger partial charge < -0.3 is 5.32 Å². The van der Waals surface area contributed by atoms with Crippen LogP contribution in [-0.4, -0.2) is 7.05 Å². The molecule has 1 aromatic heterocycles. The molecule has 0 aliphatic heterocycles. The lowest BCUT2D eigenvalue weighted by Gasteiger charge is -2.04. The van der Waals surface area contributed by atoms with Gasteiger partial charge >= 0.3 is 0 Å². The first-order chi connectivity index (χ1) is 4.88. The summed E-state index contributed by atoms with van der Waals surface area (Å²) in [5, 5.41) is 7.11. The van der Waals surface area contributed by atoms with E-state index < -0.39 is 0 Å². The van der Waals surface area contributed by atoms with Crippen molar-refractivity contribution in [2.75, 3.05) is 7.05 Å². The highest BCUT2D eigenvalue weighted by molar-refractivity contribution is 7.07. The van der Waals surface area contributed by atoms with Crippen LogP contribution in [0.1, 0.15) is 11.6 Å². The molecule has 0 aliphatic carbocycles. The third-order valence-electron chi connectivity index (χ3n) is 1.33. The van der Waals surface area contributed by atoms with Crippen molar-refractivity contribution in [1.82, 2.24) is 5.32 Å². The summed E-state index contributed by atoms with van der Waals surface area (Å²) in [5.74, 6) is 2.65. The highest BCUT2D eigenvalue weighted by atomic mass is 32.1. The van der Waals surface area contributed by atoms with Gasteiger partial charge in [0.05, 0.1) is 6.04 Å². The molecule has 0 amide bonds. The highest BCUT2D eigenvalue weighted by Gasteiger charge is 2.03. The Morgan fingerprint density at radius 2 is 2.60 bits per heavy atom. The van der Waals surface area contributed by atoms with Gasteiger partial charge in [-0.25, -0.2) is 0 Å². The van der Waals surface area contributed by atoms with Crippen molar-refractivity contribution in [2.45, 2.75) is 6.04 Å². The van der Waals surface area contributed by atoms with Crippen LogP contribution in [-0.2, 0) is 0 Å². The largest absolute Gasteiger partial charge is 0.303 e. The van der Waals surface area contributed by atoms with Crippen molar-refractivity contribution in [3.05, 3.63) is 22.4 Å². The van der Waals surface area contributed by atoms with Crippen LogP contribution < -0.4 is 5.32 Å². The van der Waals surface area contributed by atoms with Crippen LogP contribution >= 0.6 is 11.3 Å². The lowest BCUT2D eigenvalue weighted by atomic mass is 10.2. The van der Waals surface area contributed by atoms with Crippen molar-refractivity contribution >= 4 is 11.3 Å². The van der Waals surface area contributed by atoms with E-state index in [1.807, 2.05) is 18.5 Å². The molecule has 1 aromatic rings. The maximum atomic E-state index is 5.27. The van der Waals surface area contributed by atoms with Crippen LogP contribution in [0.3, 0.4) is 0 Å². The van der Waals surface area contributed by atoms with E-state index in [2.05, 4.69) is 16.6 Å². The molecule has 0 spiro atoms. The Morgan fingerprint density at radius 1 is 1.80 bits per heavy atom. The lowest BCUT2D eigenvalue weighted by molar-refractivity contribution is 0.739. The van der Waals surface area contributed by atoms with E-state index in [-0.39, 0.29) is 6.04 Å². The summed E-state index contributed by atoms with van der Waals surface area (Å²) in [4.78, 5) is 0. The van der Waals surface area contributed by atoms with Gasteiger partial charge in [0.1, 0.15) is 0 Å². The van der Waals surface area contributed by atoms with Gasteiger partial charge in [-0.2, -0.15) is 11.3 Å². The third-order valence-corrected chi connectivity index (χ3v) is 2.03. The van der Waals surface area contributed by atoms with Gasteiger partial charge in [0, 0.05) is 0 Å². The van der Waals surface area contributed by atoms with E-state index in [9.17, 15) is 0 Å². The van der Waals surface area contributed by atoms with Crippen molar-refractivity contribution in [1.29, 1.82) is 0 Å². The quantitative estimate of drug-likeness (QED) is 0.634. The number of nitrogens with one attached hydrogen (secondary N) is 1. The van der Waals surface area contributed by atoms with Crippen LogP contribution in [0.2, 0.25) is 0 Å². The number of hydrogen-bond acceptors (Lipinski definition) is 2. The van der Waals surface area contributed by atoms with Gasteiger partial charge in [-0.05, 0) is 29.4 Å². The molecule has 1 unspecified atom stereocenters. The van der Waals surface area contributed by atoms with Gasteiger partial charge in [-0.3, -0.25) is 0 Å². The number of rotatable bonds is 2. The third kappa shape index (κ3) is 1.38. The van der Waals surface area contributed by atoms with Gasteiger partial charge in [-0.1, -0.05) is 5.92 Å². The average Bonchev–Trinajstić information content (AvgIpc) is 2.43. The highest BCUT2D eigenvalue weighted by Crippen LogP contribution is 2.14. The number of thiophene rings is 1. The molecule has 1 atom stereocenters. The minimum atomic E-state index is 0.0752. The first-order valence-electron chi connectivity index (χ1n) is 3.04. The second kappa shape index (κ2) is 3.40. The Morgan fingerprint density at radius 3 is 3.00 bits per heavy atom. The molecule has 0 saturated heterocycles. The van der Waals surface area contributed by atoms with Gasteiger partial charge in [0.2, 0.25) is 0 Å². The zero-order valence-electron chi connectivity index (χ0n) is 5.79. The Hall–Kier alpha value is -0.780. The molecule has 0 fully saturated rings. The Labute approximate surface area is 65.1 Å². The van der Waals surface area contributed by atoms with E-state index in [1.54, 1.807) is 11.3 Å². The van der Waals surface area contributed by atoms with Crippen molar-refractivity contribution in [3.63, 3.8) is 0 Å². The lowest BCUT2D eigenvalue weighted by Crippen LogP contribution is -2.12. The summed E-state index contributed by atoms with van der Waals surface area (Å²) < 4.78 is 0. The smallest absolute Gasteiger partial charge is 0.0948 e. The molecule has 1 heterocycles. The Bertz CT molecular complexity index is 220. The normalized spacial score (nSPS) is 12.4. The first-order valence-corrected chi connectivity index (χ1v) is 3.98.